The highest BCUT2D eigenvalue weighted by Crippen LogP contribution is 2.27. The largest absolute Gasteiger partial charge is 0.491 e. The van der Waals surface area contributed by atoms with Gasteiger partial charge in [0.1, 0.15) is 24.7 Å². The summed E-state index contributed by atoms with van der Waals surface area (Å²) in [6.07, 6.45) is 0. The van der Waals surface area contributed by atoms with Crippen LogP contribution in [0.4, 0.5) is 11.4 Å². The first-order valence-corrected chi connectivity index (χ1v) is 9.82. The van der Waals surface area contributed by atoms with Gasteiger partial charge in [-0.1, -0.05) is 11.6 Å². The van der Waals surface area contributed by atoms with Gasteiger partial charge in [0.05, 0.1) is 11.5 Å². The fourth-order valence-electron chi connectivity index (χ4n) is 2.51. The zero-order valence-electron chi connectivity index (χ0n) is 17.6. The number of esters is 1. The van der Waals surface area contributed by atoms with Crippen molar-refractivity contribution >= 4 is 28.9 Å². The second kappa shape index (κ2) is 9.74. The standard InChI is InChI=1S/C22H28ClN3O3/c1-15(13-28-19-9-6-17(23)7-10-19)26(5)18-8-11-20(25-24)16(12-18)14-29-21(27)22(2,3)4/h6-12,15,24H,13-14H2,1-5H3/p+1. The molecule has 0 fully saturated rings. The van der Waals surface area contributed by atoms with Crippen LogP contribution in [0.3, 0.4) is 0 Å². The van der Waals surface area contributed by atoms with Crippen LogP contribution in [0.25, 0.3) is 0 Å². The lowest BCUT2D eigenvalue weighted by atomic mass is 9.97. The first-order valence-electron chi connectivity index (χ1n) is 9.44. The molecule has 1 unspecified atom stereocenters. The van der Waals surface area contributed by atoms with Crippen molar-refractivity contribution in [2.75, 3.05) is 18.6 Å². The average molecular weight is 419 g/mol. The molecule has 0 bridgehead atoms. The lowest BCUT2D eigenvalue weighted by molar-refractivity contribution is -0.210. The number of hydrogen-bond donors (Lipinski definition) is 1. The molecule has 0 aliphatic heterocycles. The number of benzene rings is 2. The molecule has 7 heteroatoms. The zero-order chi connectivity index (χ0) is 21.6. The Balaban J connectivity index is 2.06. The Kier molecular flexibility index (Phi) is 7.62. The molecule has 0 heterocycles. The molecule has 0 radical (unpaired) electrons. The number of carbonyl (C=O) groups excluding carboxylic acids is 1. The van der Waals surface area contributed by atoms with Gasteiger partial charge in [-0.25, -0.2) is 0 Å². The van der Waals surface area contributed by atoms with Gasteiger partial charge in [-0.3, -0.25) is 4.79 Å². The first kappa shape index (κ1) is 22.7. The van der Waals surface area contributed by atoms with E-state index in [1.165, 1.54) is 0 Å². The molecule has 0 amide bonds. The van der Waals surface area contributed by atoms with Crippen LogP contribution in [-0.4, -0.2) is 25.7 Å². The summed E-state index contributed by atoms with van der Waals surface area (Å²) in [4.78, 5) is 14.2. The molecule has 0 aliphatic carbocycles. The topological polar surface area (TPSA) is 76.7 Å². The summed E-state index contributed by atoms with van der Waals surface area (Å²) in [6.45, 7) is 8.12. The van der Waals surface area contributed by atoms with E-state index in [2.05, 4.69) is 16.9 Å². The number of halogens is 1. The highest BCUT2D eigenvalue weighted by atomic mass is 35.5. The molecule has 0 aliphatic rings. The first-order chi connectivity index (χ1) is 13.6. The minimum atomic E-state index is -0.568. The van der Waals surface area contributed by atoms with E-state index >= 15 is 0 Å². The Morgan fingerprint density at radius 2 is 1.86 bits per heavy atom. The predicted molar refractivity (Wildman–Crippen MR) is 115 cm³/mol. The van der Waals surface area contributed by atoms with Crippen molar-refractivity contribution in [3.05, 3.63) is 53.1 Å². The molecule has 0 saturated carbocycles. The van der Waals surface area contributed by atoms with Crippen LogP contribution in [0.1, 0.15) is 33.3 Å². The van der Waals surface area contributed by atoms with Crippen molar-refractivity contribution in [1.29, 1.82) is 0 Å². The molecule has 6 nitrogen and oxygen atoms in total. The smallest absolute Gasteiger partial charge is 0.311 e. The van der Waals surface area contributed by atoms with Crippen molar-refractivity contribution in [2.45, 2.75) is 40.3 Å². The van der Waals surface area contributed by atoms with Crippen LogP contribution in [0.15, 0.2) is 47.6 Å². The van der Waals surface area contributed by atoms with Gasteiger partial charge >= 0.3 is 5.97 Å². The highest BCUT2D eigenvalue weighted by molar-refractivity contribution is 6.30. The maximum atomic E-state index is 12.1. The van der Waals surface area contributed by atoms with E-state index < -0.39 is 5.41 Å². The van der Waals surface area contributed by atoms with Crippen molar-refractivity contribution in [1.82, 2.24) is 0 Å². The molecule has 0 spiro atoms. The zero-order valence-corrected chi connectivity index (χ0v) is 18.4. The maximum Gasteiger partial charge on any atom is 0.311 e. The number of nitrogens with two attached hydrogens (primary N) is 1. The summed E-state index contributed by atoms with van der Waals surface area (Å²) in [7, 11) is 1.98. The summed E-state index contributed by atoms with van der Waals surface area (Å²) in [5.41, 5.74) is 7.22. The van der Waals surface area contributed by atoms with E-state index in [1.807, 2.05) is 58.2 Å². The summed E-state index contributed by atoms with van der Waals surface area (Å²) in [5.74, 6) is 0.491. The van der Waals surface area contributed by atoms with Crippen LogP contribution in [0.2, 0.25) is 5.02 Å². The maximum absolute atomic E-state index is 12.1. The van der Waals surface area contributed by atoms with Gasteiger partial charge in [0.15, 0.2) is 0 Å². The number of carbonyl (C=O) groups is 1. The van der Waals surface area contributed by atoms with Gasteiger partial charge in [-0.15, -0.1) is 0 Å². The fourth-order valence-corrected chi connectivity index (χ4v) is 2.63. The number of anilines is 1. The van der Waals surface area contributed by atoms with Crippen molar-refractivity contribution in [3.63, 3.8) is 0 Å². The summed E-state index contributed by atoms with van der Waals surface area (Å²) in [5, 5.41) is 4.47. The second-order valence-corrected chi connectivity index (χ2v) is 8.43. The Hall–Kier alpha value is -2.60. The predicted octanol–water partition coefficient (Wildman–Crippen LogP) is 4.18. The highest BCUT2D eigenvalue weighted by Gasteiger charge is 2.23. The van der Waals surface area contributed by atoms with Crippen LogP contribution >= 0.6 is 11.6 Å². The van der Waals surface area contributed by atoms with Crippen LogP contribution in [-0.2, 0) is 16.1 Å². The van der Waals surface area contributed by atoms with Crippen LogP contribution in [0, 0.1) is 5.41 Å². The van der Waals surface area contributed by atoms with E-state index in [4.69, 9.17) is 26.6 Å². The van der Waals surface area contributed by atoms with Gasteiger partial charge in [0.25, 0.3) is 0 Å². The van der Waals surface area contributed by atoms with Gasteiger partial charge in [0, 0.05) is 23.3 Å². The normalized spacial score (nSPS) is 12.2. The van der Waals surface area contributed by atoms with Gasteiger partial charge < -0.3 is 14.4 Å². The van der Waals surface area contributed by atoms with E-state index in [9.17, 15) is 4.79 Å². The summed E-state index contributed by atoms with van der Waals surface area (Å²) < 4.78 is 11.3. The molecule has 0 saturated heterocycles. The van der Waals surface area contributed by atoms with Crippen LogP contribution in [0.5, 0.6) is 5.75 Å². The third-order valence-electron chi connectivity index (χ3n) is 4.55. The van der Waals surface area contributed by atoms with Gasteiger partial charge in [0.2, 0.25) is 0 Å². The van der Waals surface area contributed by atoms with E-state index in [-0.39, 0.29) is 18.6 Å². The second-order valence-electron chi connectivity index (χ2n) is 7.99. The average Bonchev–Trinajstić information content (AvgIpc) is 2.69. The fraction of sp³-hybridized carbons (Fsp3) is 0.409. The molecule has 1 atom stereocenters. The molecule has 2 rings (SSSR count). The third-order valence-corrected chi connectivity index (χ3v) is 4.80. The lowest BCUT2D eigenvalue weighted by Gasteiger charge is -2.27. The molecular formula is C22H29ClN3O3+. The Morgan fingerprint density at radius 1 is 1.21 bits per heavy atom. The summed E-state index contributed by atoms with van der Waals surface area (Å²) >= 11 is 5.90. The van der Waals surface area contributed by atoms with Crippen molar-refractivity contribution in [2.24, 2.45) is 10.5 Å². The SMILES string of the molecule is CC(COc1ccc(Cl)cc1)N(C)c1ccc(N=[NH2+])c(COC(=O)C(C)(C)C)c1. The molecule has 2 N–H and O–H groups in total. The Morgan fingerprint density at radius 3 is 2.45 bits per heavy atom. The quantitative estimate of drug-likeness (QED) is 0.515. The monoisotopic (exact) mass is 418 g/mol. The summed E-state index contributed by atoms with van der Waals surface area (Å²) in [6, 6.07) is 13.1. The number of likely N-dealkylation sites (N-methyl/N-ethyl adjacent to an activating group) is 1. The van der Waals surface area contributed by atoms with E-state index in [0.29, 0.717) is 17.3 Å². The number of rotatable bonds is 8. The van der Waals surface area contributed by atoms with Crippen molar-refractivity contribution in [3.8, 4) is 5.75 Å². The third kappa shape index (κ3) is 6.46. The molecule has 0 aromatic heterocycles. The number of hydrogen-bond acceptors (Lipinski definition) is 5. The van der Waals surface area contributed by atoms with E-state index in [0.717, 1.165) is 17.0 Å². The van der Waals surface area contributed by atoms with Gasteiger partial charge in [-0.2, -0.15) is 5.53 Å². The lowest BCUT2D eigenvalue weighted by Crippen LogP contribution is -2.34. The number of nitrogens with zero attached hydrogens (tertiary/aromatic N) is 2. The Labute approximate surface area is 177 Å². The minimum absolute atomic E-state index is 0.0938. The van der Waals surface area contributed by atoms with Crippen LogP contribution < -0.4 is 15.2 Å². The molecule has 156 valence electrons. The Bertz CT molecular complexity index is 847. The molecule has 2 aromatic carbocycles. The number of ether oxygens (including phenoxy) is 2. The van der Waals surface area contributed by atoms with E-state index in [1.54, 1.807) is 12.1 Å². The molecular weight excluding hydrogens is 390 g/mol. The minimum Gasteiger partial charge on any atom is -0.491 e. The van der Waals surface area contributed by atoms with Gasteiger partial charge in [-0.05, 0) is 75.3 Å². The molecule has 29 heavy (non-hydrogen) atoms. The van der Waals surface area contributed by atoms with Crippen molar-refractivity contribution < 1.29 is 19.8 Å². The molecule has 2 aromatic rings.